The van der Waals surface area contributed by atoms with E-state index in [0.717, 1.165) is 29.3 Å². The molecule has 21 heavy (non-hydrogen) atoms. The van der Waals surface area contributed by atoms with Gasteiger partial charge in [-0.3, -0.25) is 4.79 Å². The summed E-state index contributed by atoms with van der Waals surface area (Å²) in [4.78, 5) is 17.4. The van der Waals surface area contributed by atoms with Crippen molar-refractivity contribution in [3.05, 3.63) is 41.6 Å². The van der Waals surface area contributed by atoms with Gasteiger partial charge >= 0.3 is 0 Å². The summed E-state index contributed by atoms with van der Waals surface area (Å²) in [6.07, 6.45) is 3.27. The third-order valence-electron chi connectivity index (χ3n) is 4.72. The van der Waals surface area contributed by atoms with Crippen molar-refractivity contribution in [2.45, 2.75) is 40.0 Å². The lowest BCUT2D eigenvalue weighted by Crippen LogP contribution is -2.26. The van der Waals surface area contributed by atoms with E-state index in [2.05, 4.69) is 31.8 Å². The minimum absolute atomic E-state index is 0.150. The number of Topliss-reactive ketones (excluding diaryl/α,β-unsaturated/α-hetero) is 1. The zero-order valence-electron chi connectivity index (χ0n) is 13.1. The average molecular weight is 281 g/mol. The summed E-state index contributed by atoms with van der Waals surface area (Å²) in [6.45, 7) is 6.58. The van der Waals surface area contributed by atoms with Crippen molar-refractivity contribution in [1.82, 2.24) is 4.98 Å². The number of carbonyl (C=O) groups is 1. The van der Waals surface area contributed by atoms with Crippen molar-refractivity contribution in [1.29, 1.82) is 0 Å². The molecule has 1 aromatic heterocycles. The van der Waals surface area contributed by atoms with Crippen molar-refractivity contribution in [3.63, 3.8) is 0 Å². The molecular weight excluding hydrogens is 258 g/mol. The van der Waals surface area contributed by atoms with Crippen LogP contribution >= 0.6 is 0 Å². The summed E-state index contributed by atoms with van der Waals surface area (Å²) < 4.78 is 0. The van der Waals surface area contributed by atoms with Gasteiger partial charge in [-0.1, -0.05) is 32.0 Å². The van der Waals surface area contributed by atoms with Crippen LogP contribution in [0.5, 0.6) is 0 Å². The Balaban J connectivity index is 1.94. The number of carbonyl (C=O) groups excluding carboxylic acids is 1. The molecule has 0 amide bonds. The standard InChI is InChI=1S/C19H23NO/c1-12-8-13(2)10-15(9-12)19(21)18-11-14(3)16-6-4-5-7-17(16)20-18/h4-7,11-13,15H,8-10H2,1-3H3. The smallest absolute Gasteiger partial charge is 0.184 e. The number of pyridine rings is 1. The van der Waals surface area contributed by atoms with Gasteiger partial charge in [0.1, 0.15) is 5.69 Å². The van der Waals surface area contributed by atoms with Crippen molar-refractivity contribution in [3.8, 4) is 0 Å². The second-order valence-electron chi connectivity index (χ2n) is 6.82. The highest BCUT2D eigenvalue weighted by molar-refractivity contribution is 5.98. The fraction of sp³-hybridized carbons (Fsp3) is 0.474. The Kier molecular flexibility index (Phi) is 3.79. The lowest BCUT2D eigenvalue weighted by Gasteiger charge is -2.30. The maximum Gasteiger partial charge on any atom is 0.184 e. The van der Waals surface area contributed by atoms with Gasteiger partial charge in [-0.05, 0) is 55.7 Å². The lowest BCUT2D eigenvalue weighted by molar-refractivity contribution is 0.0831. The average Bonchev–Trinajstić information content (AvgIpc) is 2.45. The first-order chi connectivity index (χ1) is 10.0. The van der Waals surface area contributed by atoms with Crippen LogP contribution in [-0.4, -0.2) is 10.8 Å². The molecule has 0 N–H and O–H groups in total. The van der Waals surface area contributed by atoms with Gasteiger partial charge in [0.15, 0.2) is 5.78 Å². The quantitative estimate of drug-likeness (QED) is 0.740. The molecule has 2 heteroatoms. The lowest BCUT2D eigenvalue weighted by atomic mass is 9.74. The first-order valence-electron chi connectivity index (χ1n) is 7.95. The fourth-order valence-corrected chi connectivity index (χ4v) is 3.85. The van der Waals surface area contributed by atoms with Crippen LogP contribution in [-0.2, 0) is 0 Å². The number of nitrogens with zero attached hydrogens (tertiary/aromatic N) is 1. The zero-order chi connectivity index (χ0) is 15.0. The van der Waals surface area contributed by atoms with E-state index in [1.165, 1.54) is 6.42 Å². The summed E-state index contributed by atoms with van der Waals surface area (Å²) in [5, 5.41) is 1.14. The molecule has 1 aliphatic rings. The maximum atomic E-state index is 12.8. The number of para-hydroxylation sites is 1. The molecule has 2 atom stereocenters. The molecule has 3 rings (SSSR count). The zero-order valence-corrected chi connectivity index (χ0v) is 13.1. The van der Waals surface area contributed by atoms with E-state index in [0.29, 0.717) is 17.5 Å². The van der Waals surface area contributed by atoms with Crippen molar-refractivity contribution in [2.75, 3.05) is 0 Å². The van der Waals surface area contributed by atoms with Crippen molar-refractivity contribution < 1.29 is 4.79 Å². The van der Waals surface area contributed by atoms with Gasteiger partial charge in [-0.2, -0.15) is 0 Å². The Morgan fingerprint density at radius 2 is 1.76 bits per heavy atom. The van der Waals surface area contributed by atoms with E-state index in [-0.39, 0.29) is 11.7 Å². The summed E-state index contributed by atoms with van der Waals surface area (Å²) in [6, 6.07) is 10.0. The monoisotopic (exact) mass is 281 g/mol. The minimum atomic E-state index is 0.150. The highest BCUT2D eigenvalue weighted by atomic mass is 16.1. The van der Waals surface area contributed by atoms with Crippen LogP contribution in [0.3, 0.4) is 0 Å². The Bertz CT molecular complexity index is 666. The third kappa shape index (κ3) is 2.85. The van der Waals surface area contributed by atoms with Crippen LogP contribution in [0.1, 0.15) is 49.2 Å². The molecule has 1 heterocycles. The van der Waals surface area contributed by atoms with Gasteiger partial charge < -0.3 is 0 Å². The van der Waals surface area contributed by atoms with E-state index in [9.17, 15) is 4.79 Å². The molecule has 110 valence electrons. The van der Waals surface area contributed by atoms with Crippen molar-refractivity contribution in [2.24, 2.45) is 17.8 Å². The van der Waals surface area contributed by atoms with Crippen LogP contribution in [0, 0.1) is 24.7 Å². The topological polar surface area (TPSA) is 30.0 Å². The maximum absolute atomic E-state index is 12.8. The van der Waals surface area contributed by atoms with E-state index in [4.69, 9.17) is 0 Å². The molecule has 1 aromatic carbocycles. The van der Waals surface area contributed by atoms with Crippen LogP contribution in [0.2, 0.25) is 0 Å². The number of benzene rings is 1. The van der Waals surface area contributed by atoms with Crippen LogP contribution in [0.25, 0.3) is 10.9 Å². The third-order valence-corrected chi connectivity index (χ3v) is 4.72. The van der Waals surface area contributed by atoms with Crippen LogP contribution in [0.15, 0.2) is 30.3 Å². The van der Waals surface area contributed by atoms with Gasteiger partial charge in [-0.15, -0.1) is 0 Å². The molecule has 0 radical (unpaired) electrons. The van der Waals surface area contributed by atoms with Crippen LogP contribution < -0.4 is 0 Å². The van der Waals surface area contributed by atoms with Gasteiger partial charge in [0, 0.05) is 11.3 Å². The molecule has 0 saturated heterocycles. The summed E-state index contributed by atoms with van der Waals surface area (Å²) in [7, 11) is 0. The predicted octanol–water partition coefficient (Wildman–Crippen LogP) is 4.80. The minimum Gasteiger partial charge on any atom is -0.292 e. The normalized spacial score (nSPS) is 26.0. The predicted molar refractivity (Wildman–Crippen MR) is 86.5 cm³/mol. The molecule has 0 bridgehead atoms. The molecule has 1 aliphatic carbocycles. The van der Waals surface area contributed by atoms with E-state index >= 15 is 0 Å². The molecule has 2 aromatic rings. The first kappa shape index (κ1) is 14.2. The Labute approximate surface area is 126 Å². The molecule has 0 spiro atoms. The van der Waals surface area contributed by atoms with Crippen LogP contribution in [0.4, 0.5) is 0 Å². The molecule has 1 fully saturated rings. The number of aryl methyl sites for hydroxylation is 1. The number of rotatable bonds is 2. The highest BCUT2D eigenvalue weighted by Gasteiger charge is 2.30. The molecule has 2 unspecified atom stereocenters. The largest absolute Gasteiger partial charge is 0.292 e. The van der Waals surface area contributed by atoms with E-state index in [1.807, 2.05) is 24.3 Å². The van der Waals surface area contributed by atoms with E-state index < -0.39 is 0 Å². The number of hydrogen-bond donors (Lipinski definition) is 0. The summed E-state index contributed by atoms with van der Waals surface area (Å²) in [5.74, 6) is 1.67. The second-order valence-corrected chi connectivity index (χ2v) is 6.82. The number of ketones is 1. The summed E-state index contributed by atoms with van der Waals surface area (Å²) in [5.41, 5.74) is 2.72. The molecule has 1 saturated carbocycles. The molecule has 0 aliphatic heterocycles. The fourth-order valence-electron chi connectivity index (χ4n) is 3.85. The number of hydrogen-bond acceptors (Lipinski definition) is 2. The molecule has 2 nitrogen and oxygen atoms in total. The molecular formula is C19H23NO. The Hall–Kier alpha value is -1.70. The Morgan fingerprint density at radius 3 is 2.48 bits per heavy atom. The van der Waals surface area contributed by atoms with Crippen molar-refractivity contribution >= 4 is 16.7 Å². The van der Waals surface area contributed by atoms with E-state index in [1.54, 1.807) is 0 Å². The van der Waals surface area contributed by atoms with Gasteiger partial charge in [-0.25, -0.2) is 4.98 Å². The summed E-state index contributed by atoms with van der Waals surface area (Å²) >= 11 is 0. The number of aromatic nitrogens is 1. The number of fused-ring (bicyclic) bond motifs is 1. The van der Waals surface area contributed by atoms with Gasteiger partial charge in [0.25, 0.3) is 0 Å². The highest BCUT2D eigenvalue weighted by Crippen LogP contribution is 2.34. The first-order valence-corrected chi connectivity index (χ1v) is 7.95. The Morgan fingerprint density at radius 1 is 1.10 bits per heavy atom. The van der Waals surface area contributed by atoms with Gasteiger partial charge in [0.05, 0.1) is 5.52 Å². The SMILES string of the molecule is Cc1cc(C(=O)C2CC(C)CC(C)C2)nc2ccccc12. The second kappa shape index (κ2) is 5.59. The van der Waals surface area contributed by atoms with Gasteiger partial charge in [0.2, 0.25) is 0 Å².